The minimum absolute atomic E-state index is 0.00108. The summed E-state index contributed by atoms with van der Waals surface area (Å²) in [5.74, 6) is 0.380. The number of nitriles is 1. The van der Waals surface area contributed by atoms with Gasteiger partial charge in [-0.3, -0.25) is 0 Å². The molecule has 3 N–H and O–H groups in total. The van der Waals surface area contributed by atoms with Crippen molar-refractivity contribution in [2.75, 3.05) is 17.6 Å². The van der Waals surface area contributed by atoms with Gasteiger partial charge in [0.1, 0.15) is 22.5 Å². The van der Waals surface area contributed by atoms with Crippen molar-refractivity contribution >= 4 is 22.3 Å². The SMILES string of the molecule is CC(C)(C)c1nnc(NCCCc2nn(-c3ccccc3)c(N)c2C#N)s1. The van der Waals surface area contributed by atoms with E-state index in [0.717, 1.165) is 28.8 Å². The lowest BCUT2D eigenvalue weighted by Crippen LogP contribution is -2.10. The maximum Gasteiger partial charge on any atom is 0.205 e. The van der Waals surface area contributed by atoms with Crippen LogP contribution >= 0.6 is 11.3 Å². The number of benzene rings is 1. The Morgan fingerprint density at radius 3 is 2.59 bits per heavy atom. The van der Waals surface area contributed by atoms with Gasteiger partial charge in [-0.2, -0.15) is 10.4 Å². The summed E-state index contributed by atoms with van der Waals surface area (Å²) in [7, 11) is 0. The first kappa shape index (κ1) is 18.9. The van der Waals surface area contributed by atoms with Crippen LogP contribution in [0.5, 0.6) is 0 Å². The molecule has 2 aromatic heterocycles. The van der Waals surface area contributed by atoms with Crippen LogP contribution < -0.4 is 11.1 Å². The lowest BCUT2D eigenvalue weighted by Gasteiger charge is -2.12. The second-order valence-electron chi connectivity index (χ2n) is 7.26. The summed E-state index contributed by atoms with van der Waals surface area (Å²) in [5.41, 5.74) is 8.14. The highest BCUT2D eigenvalue weighted by Gasteiger charge is 2.19. The van der Waals surface area contributed by atoms with Crippen LogP contribution in [0.1, 0.15) is 43.5 Å². The molecular weight excluding hydrogens is 358 g/mol. The summed E-state index contributed by atoms with van der Waals surface area (Å²) < 4.78 is 1.63. The minimum Gasteiger partial charge on any atom is -0.382 e. The van der Waals surface area contributed by atoms with Gasteiger partial charge in [0.05, 0.1) is 11.4 Å². The molecule has 0 spiro atoms. The standard InChI is InChI=1S/C19H23N7S/c1-19(2,3)17-23-24-18(27-17)22-11-7-10-15-14(12-20)16(21)26(25-15)13-8-5-4-6-9-13/h4-6,8-9H,7,10-11,21H2,1-3H3,(H,22,24). The van der Waals surface area contributed by atoms with Crippen LogP contribution in [0.15, 0.2) is 30.3 Å². The summed E-state index contributed by atoms with van der Waals surface area (Å²) in [6.45, 7) is 7.08. The fourth-order valence-electron chi connectivity index (χ4n) is 2.59. The fourth-order valence-corrected chi connectivity index (χ4v) is 3.42. The lowest BCUT2D eigenvalue weighted by atomic mass is 9.98. The van der Waals surface area contributed by atoms with E-state index in [1.807, 2.05) is 30.3 Å². The van der Waals surface area contributed by atoms with E-state index < -0.39 is 0 Å². The van der Waals surface area contributed by atoms with Gasteiger partial charge in [0.2, 0.25) is 5.13 Å². The summed E-state index contributed by atoms with van der Waals surface area (Å²) in [6, 6.07) is 11.8. The van der Waals surface area contributed by atoms with E-state index in [0.29, 0.717) is 23.5 Å². The van der Waals surface area contributed by atoms with Crippen molar-refractivity contribution in [2.24, 2.45) is 0 Å². The summed E-state index contributed by atoms with van der Waals surface area (Å²) >= 11 is 1.57. The monoisotopic (exact) mass is 381 g/mol. The van der Waals surface area contributed by atoms with Crippen LogP contribution in [-0.4, -0.2) is 26.5 Å². The number of nitrogens with zero attached hydrogens (tertiary/aromatic N) is 5. The molecule has 0 aliphatic carbocycles. The lowest BCUT2D eigenvalue weighted by molar-refractivity contribution is 0.578. The average molecular weight is 382 g/mol. The van der Waals surface area contributed by atoms with Gasteiger partial charge in [-0.25, -0.2) is 4.68 Å². The predicted octanol–water partition coefficient (Wildman–Crippen LogP) is 3.52. The molecule has 140 valence electrons. The number of nitrogen functional groups attached to an aromatic ring is 1. The smallest absolute Gasteiger partial charge is 0.205 e. The first-order chi connectivity index (χ1) is 12.9. The Bertz CT molecular complexity index is 945. The highest BCUT2D eigenvalue weighted by Crippen LogP contribution is 2.27. The Morgan fingerprint density at radius 1 is 1.22 bits per heavy atom. The van der Waals surface area contributed by atoms with E-state index in [-0.39, 0.29) is 5.41 Å². The van der Waals surface area contributed by atoms with Crippen LogP contribution in [0.3, 0.4) is 0 Å². The largest absolute Gasteiger partial charge is 0.382 e. The number of hydrogen-bond acceptors (Lipinski definition) is 7. The molecule has 0 atom stereocenters. The molecule has 0 bridgehead atoms. The molecule has 2 heterocycles. The zero-order valence-electron chi connectivity index (χ0n) is 15.7. The van der Waals surface area contributed by atoms with Gasteiger partial charge in [-0.05, 0) is 25.0 Å². The van der Waals surface area contributed by atoms with E-state index in [1.54, 1.807) is 16.0 Å². The molecule has 7 nitrogen and oxygen atoms in total. The van der Waals surface area contributed by atoms with Gasteiger partial charge in [0.25, 0.3) is 0 Å². The van der Waals surface area contributed by atoms with E-state index in [1.165, 1.54) is 0 Å². The van der Waals surface area contributed by atoms with E-state index in [9.17, 15) is 5.26 Å². The van der Waals surface area contributed by atoms with Crippen molar-refractivity contribution in [3.63, 3.8) is 0 Å². The second-order valence-corrected chi connectivity index (χ2v) is 8.24. The Hall–Kier alpha value is -2.92. The molecular formula is C19H23N7S. The van der Waals surface area contributed by atoms with Crippen LogP contribution in [0.4, 0.5) is 10.9 Å². The summed E-state index contributed by atoms with van der Waals surface area (Å²) in [6.07, 6.45) is 1.47. The number of para-hydroxylation sites is 1. The number of nitrogens with two attached hydrogens (primary N) is 1. The highest BCUT2D eigenvalue weighted by atomic mass is 32.1. The van der Waals surface area contributed by atoms with Crippen molar-refractivity contribution in [3.05, 3.63) is 46.6 Å². The molecule has 8 heteroatoms. The third-order valence-electron chi connectivity index (χ3n) is 4.04. The summed E-state index contributed by atoms with van der Waals surface area (Å²) in [5, 5.41) is 27.5. The molecule has 3 rings (SSSR count). The number of rotatable bonds is 6. The Labute approximate surface area is 162 Å². The summed E-state index contributed by atoms with van der Waals surface area (Å²) in [4.78, 5) is 0. The van der Waals surface area contributed by atoms with Crippen molar-refractivity contribution in [3.8, 4) is 11.8 Å². The molecule has 0 aliphatic rings. The number of aromatic nitrogens is 4. The van der Waals surface area contributed by atoms with Crippen molar-refractivity contribution in [2.45, 2.75) is 39.0 Å². The van der Waals surface area contributed by atoms with Crippen molar-refractivity contribution in [1.29, 1.82) is 5.26 Å². The molecule has 1 aromatic carbocycles. The van der Waals surface area contributed by atoms with E-state index >= 15 is 0 Å². The maximum atomic E-state index is 9.46. The Morgan fingerprint density at radius 2 is 1.96 bits per heavy atom. The number of anilines is 2. The van der Waals surface area contributed by atoms with Gasteiger partial charge in [0, 0.05) is 12.0 Å². The zero-order valence-corrected chi connectivity index (χ0v) is 16.5. The fraction of sp³-hybridized carbons (Fsp3) is 0.368. The molecule has 0 unspecified atom stereocenters. The number of aryl methyl sites for hydroxylation is 1. The topological polar surface area (TPSA) is 105 Å². The Kier molecular flexibility index (Phi) is 5.42. The van der Waals surface area contributed by atoms with Crippen LogP contribution in [-0.2, 0) is 11.8 Å². The highest BCUT2D eigenvalue weighted by molar-refractivity contribution is 7.15. The quantitative estimate of drug-likeness (QED) is 0.633. The zero-order chi connectivity index (χ0) is 19.4. The molecule has 0 saturated carbocycles. The van der Waals surface area contributed by atoms with E-state index in [2.05, 4.69) is 47.5 Å². The Balaban J connectivity index is 1.63. The van der Waals surface area contributed by atoms with Gasteiger partial charge >= 0.3 is 0 Å². The van der Waals surface area contributed by atoms with Crippen molar-refractivity contribution in [1.82, 2.24) is 20.0 Å². The van der Waals surface area contributed by atoms with Gasteiger partial charge in [0.15, 0.2) is 0 Å². The maximum absolute atomic E-state index is 9.46. The van der Waals surface area contributed by atoms with Gasteiger partial charge < -0.3 is 11.1 Å². The van der Waals surface area contributed by atoms with E-state index in [4.69, 9.17) is 5.73 Å². The average Bonchev–Trinajstić information content (AvgIpc) is 3.24. The van der Waals surface area contributed by atoms with Crippen molar-refractivity contribution < 1.29 is 0 Å². The normalized spacial score (nSPS) is 11.3. The van der Waals surface area contributed by atoms with Gasteiger partial charge in [-0.1, -0.05) is 50.3 Å². The molecule has 0 radical (unpaired) electrons. The second kappa shape index (κ2) is 7.76. The number of nitrogens with one attached hydrogen (secondary N) is 1. The first-order valence-corrected chi connectivity index (χ1v) is 9.62. The molecule has 27 heavy (non-hydrogen) atoms. The molecule has 3 aromatic rings. The predicted molar refractivity (Wildman–Crippen MR) is 108 cm³/mol. The third kappa shape index (κ3) is 4.26. The number of hydrogen-bond donors (Lipinski definition) is 2. The minimum atomic E-state index is 0.00108. The van der Waals surface area contributed by atoms with Crippen LogP contribution in [0.2, 0.25) is 0 Å². The van der Waals surface area contributed by atoms with Crippen LogP contribution in [0, 0.1) is 11.3 Å². The molecule has 0 aliphatic heterocycles. The molecule has 0 amide bonds. The van der Waals surface area contributed by atoms with Crippen LogP contribution in [0.25, 0.3) is 5.69 Å². The third-order valence-corrected chi connectivity index (χ3v) is 5.35. The van der Waals surface area contributed by atoms with Gasteiger partial charge in [-0.15, -0.1) is 10.2 Å². The molecule has 0 saturated heterocycles. The first-order valence-electron chi connectivity index (χ1n) is 8.81. The molecule has 0 fully saturated rings.